The van der Waals surface area contributed by atoms with Crippen molar-refractivity contribution in [2.24, 2.45) is 5.92 Å². The summed E-state index contributed by atoms with van der Waals surface area (Å²) in [5.41, 5.74) is 1.06. The van der Waals surface area contributed by atoms with Crippen molar-refractivity contribution in [3.8, 4) is 0 Å². The van der Waals surface area contributed by atoms with Crippen LogP contribution in [0.25, 0.3) is 0 Å². The van der Waals surface area contributed by atoms with Crippen molar-refractivity contribution in [2.75, 3.05) is 25.0 Å². The van der Waals surface area contributed by atoms with E-state index in [4.69, 9.17) is 11.6 Å². The van der Waals surface area contributed by atoms with Gasteiger partial charge in [0.05, 0.1) is 10.7 Å². The van der Waals surface area contributed by atoms with Crippen LogP contribution >= 0.6 is 34.2 Å². The Morgan fingerprint density at radius 2 is 2.32 bits per heavy atom. The van der Waals surface area contributed by atoms with Crippen molar-refractivity contribution < 1.29 is 0 Å². The summed E-state index contributed by atoms with van der Waals surface area (Å²) in [6.45, 7) is 8.14. The maximum atomic E-state index is 6.29. The summed E-state index contributed by atoms with van der Waals surface area (Å²) >= 11 is 8.58. The van der Waals surface area contributed by atoms with Crippen molar-refractivity contribution in [1.82, 2.24) is 4.90 Å². The van der Waals surface area contributed by atoms with Gasteiger partial charge in [-0.2, -0.15) is 0 Å². The zero-order valence-corrected chi connectivity index (χ0v) is 14.5. The third kappa shape index (κ3) is 4.23. The smallest absolute Gasteiger partial charge is 0.0648 e. The summed E-state index contributed by atoms with van der Waals surface area (Å²) in [5.74, 6) is 0.712. The Morgan fingerprint density at radius 1 is 1.53 bits per heavy atom. The SMILES string of the molecule is CCN1CCCC(C(C)Nc2ccc(I)cc2Cl)C1. The molecule has 0 amide bonds. The molecule has 1 aromatic carbocycles. The van der Waals surface area contributed by atoms with Crippen molar-refractivity contribution in [3.63, 3.8) is 0 Å². The van der Waals surface area contributed by atoms with E-state index >= 15 is 0 Å². The number of likely N-dealkylation sites (tertiary alicyclic amines) is 1. The Balaban J connectivity index is 1.98. The van der Waals surface area contributed by atoms with Crippen LogP contribution in [0, 0.1) is 9.49 Å². The van der Waals surface area contributed by atoms with Crippen molar-refractivity contribution in [1.29, 1.82) is 0 Å². The van der Waals surface area contributed by atoms with Crippen LogP contribution in [0.15, 0.2) is 18.2 Å². The van der Waals surface area contributed by atoms with Crippen LogP contribution in [0.1, 0.15) is 26.7 Å². The Kier molecular flexibility index (Phi) is 5.78. The third-order valence-electron chi connectivity index (χ3n) is 4.01. The molecule has 106 valence electrons. The van der Waals surface area contributed by atoms with Crippen LogP contribution < -0.4 is 5.32 Å². The van der Waals surface area contributed by atoms with E-state index in [9.17, 15) is 0 Å². The highest BCUT2D eigenvalue weighted by atomic mass is 127. The number of rotatable bonds is 4. The number of hydrogen-bond acceptors (Lipinski definition) is 2. The molecule has 1 aliphatic rings. The Bertz CT molecular complexity index is 425. The lowest BCUT2D eigenvalue weighted by atomic mass is 9.91. The van der Waals surface area contributed by atoms with Gasteiger partial charge in [-0.1, -0.05) is 18.5 Å². The minimum absolute atomic E-state index is 0.465. The molecule has 0 radical (unpaired) electrons. The first-order chi connectivity index (χ1) is 9.10. The minimum Gasteiger partial charge on any atom is -0.381 e. The normalized spacial score (nSPS) is 22.2. The molecule has 2 unspecified atom stereocenters. The van der Waals surface area contributed by atoms with Crippen LogP contribution in [-0.2, 0) is 0 Å². The van der Waals surface area contributed by atoms with E-state index in [-0.39, 0.29) is 0 Å². The lowest BCUT2D eigenvalue weighted by Crippen LogP contribution is -2.41. The van der Waals surface area contributed by atoms with Gasteiger partial charge in [0.25, 0.3) is 0 Å². The molecule has 0 aromatic heterocycles. The maximum Gasteiger partial charge on any atom is 0.0648 e. The molecule has 1 N–H and O–H groups in total. The predicted molar refractivity (Wildman–Crippen MR) is 92.1 cm³/mol. The Morgan fingerprint density at radius 3 is 3.00 bits per heavy atom. The van der Waals surface area contributed by atoms with Crippen molar-refractivity contribution in [3.05, 3.63) is 26.8 Å². The number of anilines is 1. The summed E-state index contributed by atoms with van der Waals surface area (Å²) in [5, 5.41) is 4.41. The zero-order valence-electron chi connectivity index (χ0n) is 11.6. The van der Waals surface area contributed by atoms with E-state index in [1.54, 1.807) is 0 Å². The van der Waals surface area contributed by atoms with Crippen LogP contribution in [-0.4, -0.2) is 30.6 Å². The number of nitrogens with zero attached hydrogens (tertiary/aromatic N) is 1. The molecule has 1 heterocycles. The van der Waals surface area contributed by atoms with E-state index < -0.39 is 0 Å². The largest absolute Gasteiger partial charge is 0.381 e. The van der Waals surface area contributed by atoms with Gasteiger partial charge in [-0.15, -0.1) is 0 Å². The average Bonchev–Trinajstić information content (AvgIpc) is 2.42. The van der Waals surface area contributed by atoms with Crippen LogP contribution in [0.4, 0.5) is 5.69 Å². The van der Waals surface area contributed by atoms with Gasteiger partial charge in [-0.25, -0.2) is 0 Å². The van der Waals surface area contributed by atoms with Crippen molar-refractivity contribution >= 4 is 39.9 Å². The molecule has 1 aliphatic heterocycles. The number of halogens is 2. The summed E-state index contributed by atoms with van der Waals surface area (Å²) in [6, 6.07) is 6.66. The first-order valence-electron chi connectivity index (χ1n) is 7.04. The van der Waals surface area contributed by atoms with E-state index in [2.05, 4.69) is 58.8 Å². The molecule has 1 saturated heterocycles. The highest BCUT2D eigenvalue weighted by Gasteiger charge is 2.24. The molecule has 2 rings (SSSR count). The third-order valence-corrected chi connectivity index (χ3v) is 4.99. The summed E-state index contributed by atoms with van der Waals surface area (Å²) in [7, 11) is 0. The molecule has 0 bridgehead atoms. The van der Waals surface area contributed by atoms with Gasteiger partial charge in [-0.05, 0) is 79.6 Å². The first kappa shape index (κ1) is 15.4. The van der Waals surface area contributed by atoms with E-state index in [1.807, 2.05) is 6.07 Å². The second kappa shape index (κ2) is 7.14. The molecule has 1 fully saturated rings. The second-order valence-electron chi connectivity index (χ2n) is 5.35. The molecule has 0 spiro atoms. The molecule has 0 saturated carbocycles. The molecule has 2 atom stereocenters. The zero-order chi connectivity index (χ0) is 13.8. The fourth-order valence-corrected chi connectivity index (χ4v) is 3.67. The lowest BCUT2D eigenvalue weighted by Gasteiger charge is -2.35. The van der Waals surface area contributed by atoms with Gasteiger partial charge in [0.15, 0.2) is 0 Å². The average molecular weight is 393 g/mol. The van der Waals surface area contributed by atoms with Gasteiger partial charge in [0.2, 0.25) is 0 Å². The maximum absolute atomic E-state index is 6.29. The quantitative estimate of drug-likeness (QED) is 0.760. The standard InChI is InChI=1S/C15H22ClIN2/c1-3-19-8-4-5-12(10-19)11(2)18-15-7-6-13(17)9-14(15)16/h6-7,9,11-12,18H,3-5,8,10H2,1-2H3. The number of hydrogen-bond donors (Lipinski definition) is 1. The summed E-state index contributed by atoms with van der Waals surface area (Å²) < 4.78 is 1.18. The van der Waals surface area contributed by atoms with E-state index in [0.717, 1.165) is 17.3 Å². The highest BCUT2D eigenvalue weighted by molar-refractivity contribution is 14.1. The van der Waals surface area contributed by atoms with E-state index in [1.165, 1.54) is 29.5 Å². The summed E-state index contributed by atoms with van der Waals surface area (Å²) in [4.78, 5) is 2.54. The fraction of sp³-hybridized carbons (Fsp3) is 0.600. The van der Waals surface area contributed by atoms with Gasteiger partial charge in [-0.3, -0.25) is 0 Å². The molecular weight excluding hydrogens is 371 g/mol. The molecular formula is C15H22ClIN2. The molecule has 0 aliphatic carbocycles. The Hall–Kier alpha value is -0.0000000000000000555. The number of piperidine rings is 1. The van der Waals surface area contributed by atoms with Gasteiger partial charge >= 0.3 is 0 Å². The molecule has 2 nitrogen and oxygen atoms in total. The van der Waals surface area contributed by atoms with Gasteiger partial charge in [0.1, 0.15) is 0 Å². The minimum atomic E-state index is 0.465. The van der Waals surface area contributed by atoms with Crippen LogP contribution in [0.3, 0.4) is 0 Å². The van der Waals surface area contributed by atoms with Crippen LogP contribution in [0.5, 0.6) is 0 Å². The number of benzene rings is 1. The monoisotopic (exact) mass is 392 g/mol. The molecule has 4 heteroatoms. The van der Waals surface area contributed by atoms with E-state index in [0.29, 0.717) is 12.0 Å². The first-order valence-corrected chi connectivity index (χ1v) is 8.49. The fourth-order valence-electron chi connectivity index (χ4n) is 2.76. The molecule has 1 aromatic rings. The van der Waals surface area contributed by atoms with Crippen molar-refractivity contribution in [2.45, 2.75) is 32.7 Å². The van der Waals surface area contributed by atoms with Crippen LogP contribution in [0.2, 0.25) is 5.02 Å². The summed E-state index contributed by atoms with van der Waals surface area (Å²) in [6.07, 6.45) is 2.62. The van der Waals surface area contributed by atoms with Gasteiger partial charge < -0.3 is 10.2 Å². The van der Waals surface area contributed by atoms with Gasteiger partial charge in [0, 0.05) is 16.2 Å². The predicted octanol–water partition coefficient (Wildman–Crippen LogP) is 4.48. The topological polar surface area (TPSA) is 15.3 Å². The highest BCUT2D eigenvalue weighted by Crippen LogP contribution is 2.27. The molecule has 19 heavy (non-hydrogen) atoms. The second-order valence-corrected chi connectivity index (χ2v) is 7.01. The Labute approximate surface area is 135 Å². The number of nitrogens with one attached hydrogen (secondary N) is 1. The lowest BCUT2D eigenvalue weighted by molar-refractivity contribution is 0.172.